The van der Waals surface area contributed by atoms with Gasteiger partial charge in [-0.1, -0.05) is 43.3 Å². The van der Waals surface area contributed by atoms with Crippen LogP contribution < -0.4 is 5.32 Å². The maximum atomic E-state index is 13.6. The molecule has 4 heteroatoms. The van der Waals surface area contributed by atoms with Gasteiger partial charge >= 0.3 is 0 Å². The molecule has 0 aliphatic heterocycles. The predicted molar refractivity (Wildman–Crippen MR) is 84.1 cm³/mol. The van der Waals surface area contributed by atoms with Gasteiger partial charge < -0.3 is 10.4 Å². The van der Waals surface area contributed by atoms with Crippen LogP contribution in [0, 0.1) is 11.7 Å². The third kappa shape index (κ3) is 4.32. The molecular weight excluding hydrogens is 281 g/mol. The van der Waals surface area contributed by atoms with Crippen LogP contribution in [0.25, 0.3) is 0 Å². The van der Waals surface area contributed by atoms with E-state index in [1.54, 1.807) is 37.3 Å². The first-order valence-corrected chi connectivity index (χ1v) is 7.36. The summed E-state index contributed by atoms with van der Waals surface area (Å²) >= 11 is 0. The molecule has 0 saturated carbocycles. The van der Waals surface area contributed by atoms with E-state index >= 15 is 0 Å². The summed E-state index contributed by atoms with van der Waals surface area (Å²) in [6.45, 7) is 2.22. The van der Waals surface area contributed by atoms with Gasteiger partial charge in [-0.2, -0.15) is 0 Å². The van der Waals surface area contributed by atoms with Crippen LogP contribution in [0.3, 0.4) is 0 Å². The molecule has 1 amide bonds. The van der Waals surface area contributed by atoms with E-state index in [0.29, 0.717) is 24.9 Å². The average molecular weight is 301 g/mol. The molecule has 22 heavy (non-hydrogen) atoms. The van der Waals surface area contributed by atoms with E-state index in [9.17, 15) is 14.3 Å². The van der Waals surface area contributed by atoms with Crippen molar-refractivity contribution in [3.8, 4) is 5.75 Å². The minimum Gasteiger partial charge on any atom is -0.508 e. The lowest BCUT2D eigenvalue weighted by Gasteiger charge is -2.13. The molecule has 0 aliphatic carbocycles. The quantitative estimate of drug-likeness (QED) is 0.861. The van der Waals surface area contributed by atoms with E-state index < -0.39 is 0 Å². The van der Waals surface area contributed by atoms with Crippen molar-refractivity contribution in [1.82, 2.24) is 5.32 Å². The first-order valence-electron chi connectivity index (χ1n) is 7.36. The number of carbonyl (C=O) groups is 1. The van der Waals surface area contributed by atoms with Crippen molar-refractivity contribution in [1.29, 1.82) is 0 Å². The average Bonchev–Trinajstić information content (AvgIpc) is 2.51. The molecule has 2 N–H and O–H groups in total. The van der Waals surface area contributed by atoms with E-state index in [2.05, 4.69) is 5.32 Å². The predicted octanol–water partition coefficient (Wildman–Crippen LogP) is 3.07. The minimum absolute atomic E-state index is 0.112. The van der Waals surface area contributed by atoms with Crippen molar-refractivity contribution in [3.05, 3.63) is 65.5 Å². The monoisotopic (exact) mass is 301 g/mol. The molecule has 0 radical (unpaired) electrons. The van der Waals surface area contributed by atoms with E-state index in [1.807, 2.05) is 12.1 Å². The summed E-state index contributed by atoms with van der Waals surface area (Å²) in [5.41, 5.74) is 1.34. The molecule has 1 atom stereocenters. The lowest BCUT2D eigenvalue weighted by molar-refractivity contribution is -0.124. The second kappa shape index (κ2) is 7.59. The van der Waals surface area contributed by atoms with Gasteiger partial charge in [0.2, 0.25) is 5.91 Å². The Morgan fingerprint density at radius 3 is 2.45 bits per heavy atom. The Morgan fingerprint density at radius 1 is 1.14 bits per heavy atom. The van der Waals surface area contributed by atoms with Crippen LogP contribution in [0.15, 0.2) is 48.5 Å². The van der Waals surface area contributed by atoms with Gasteiger partial charge in [0.1, 0.15) is 11.6 Å². The molecule has 2 rings (SSSR count). The Kier molecular flexibility index (Phi) is 5.53. The number of phenols is 1. The highest BCUT2D eigenvalue weighted by Crippen LogP contribution is 2.16. The standard InChI is InChI=1S/C18H20FNO2/c1-13(12-15-7-2-4-8-16(15)19)18(22)20-11-10-14-6-3-5-9-17(14)21/h2-9,13,21H,10-12H2,1H3,(H,20,22). The zero-order chi connectivity index (χ0) is 15.9. The first-order chi connectivity index (χ1) is 10.6. The van der Waals surface area contributed by atoms with Gasteiger partial charge in [-0.05, 0) is 36.1 Å². The van der Waals surface area contributed by atoms with E-state index in [1.165, 1.54) is 6.07 Å². The summed E-state index contributed by atoms with van der Waals surface area (Å²) in [6, 6.07) is 13.5. The Morgan fingerprint density at radius 2 is 1.77 bits per heavy atom. The summed E-state index contributed by atoms with van der Waals surface area (Å²) in [5, 5.41) is 12.5. The van der Waals surface area contributed by atoms with Crippen molar-refractivity contribution in [2.24, 2.45) is 5.92 Å². The normalized spacial score (nSPS) is 11.9. The van der Waals surface area contributed by atoms with Gasteiger partial charge in [-0.25, -0.2) is 4.39 Å². The van der Waals surface area contributed by atoms with Crippen LogP contribution in [-0.2, 0) is 17.6 Å². The van der Waals surface area contributed by atoms with Gasteiger partial charge in [0.15, 0.2) is 0 Å². The maximum Gasteiger partial charge on any atom is 0.223 e. The number of aromatic hydroxyl groups is 1. The van der Waals surface area contributed by atoms with Gasteiger partial charge in [0.05, 0.1) is 0 Å². The Labute approximate surface area is 129 Å². The number of halogens is 1. The second-order valence-corrected chi connectivity index (χ2v) is 5.37. The summed E-state index contributed by atoms with van der Waals surface area (Å²) in [7, 11) is 0. The molecule has 116 valence electrons. The van der Waals surface area contributed by atoms with Crippen LogP contribution in [-0.4, -0.2) is 17.6 Å². The number of hydrogen-bond acceptors (Lipinski definition) is 2. The van der Waals surface area contributed by atoms with Gasteiger partial charge in [0.25, 0.3) is 0 Å². The first kappa shape index (κ1) is 16.0. The Bertz CT molecular complexity index is 642. The Hall–Kier alpha value is -2.36. The van der Waals surface area contributed by atoms with Gasteiger partial charge in [-0.15, -0.1) is 0 Å². The number of para-hydroxylation sites is 1. The van der Waals surface area contributed by atoms with Gasteiger partial charge in [0, 0.05) is 12.5 Å². The van der Waals surface area contributed by atoms with Crippen LogP contribution in [0.4, 0.5) is 4.39 Å². The fourth-order valence-electron chi connectivity index (χ4n) is 2.30. The van der Waals surface area contributed by atoms with Crippen LogP contribution in [0.5, 0.6) is 5.75 Å². The topological polar surface area (TPSA) is 49.3 Å². The lowest BCUT2D eigenvalue weighted by atomic mass is 10.00. The highest BCUT2D eigenvalue weighted by atomic mass is 19.1. The molecule has 0 fully saturated rings. The molecule has 0 aliphatic rings. The van der Waals surface area contributed by atoms with Crippen molar-refractivity contribution in [2.45, 2.75) is 19.8 Å². The molecule has 0 saturated heterocycles. The van der Waals surface area contributed by atoms with E-state index in [4.69, 9.17) is 0 Å². The number of benzene rings is 2. The number of carbonyl (C=O) groups excluding carboxylic acids is 1. The largest absolute Gasteiger partial charge is 0.508 e. The van der Waals surface area contributed by atoms with Crippen LogP contribution >= 0.6 is 0 Å². The molecule has 0 bridgehead atoms. The lowest BCUT2D eigenvalue weighted by Crippen LogP contribution is -2.32. The van der Waals surface area contributed by atoms with Gasteiger partial charge in [-0.3, -0.25) is 4.79 Å². The molecular formula is C18H20FNO2. The number of nitrogens with one attached hydrogen (secondary N) is 1. The van der Waals surface area contributed by atoms with Crippen LogP contribution in [0.1, 0.15) is 18.1 Å². The SMILES string of the molecule is CC(Cc1ccccc1F)C(=O)NCCc1ccccc1O. The van der Waals surface area contributed by atoms with E-state index in [0.717, 1.165) is 5.56 Å². The van der Waals surface area contributed by atoms with Crippen molar-refractivity contribution < 1.29 is 14.3 Å². The zero-order valence-corrected chi connectivity index (χ0v) is 12.6. The zero-order valence-electron chi connectivity index (χ0n) is 12.6. The summed E-state index contributed by atoms with van der Waals surface area (Å²) in [4.78, 5) is 12.0. The van der Waals surface area contributed by atoms with Crippen molar-refractivity contribution in [2.75, 3.05) is 6.54 Å². The highest BCUT2D eigenvalue weighted by Gasteiger charge is 2.15. The molecule has 2 aromatic carbocycles. The molecule has 0 aromatic heterocycles. The summed E-state index contributed by atoms with van der Waals surface area (Å²) in [6.07, 6.45) is 0.930. The summed E-state index contributed by atoms with van der Waals surface area (Å²) < 4.78 is 13.6. The molecule has 0 spiro atoms. The van der Waals surface area contributed by atoms with Crippen LogP contribution in [0.2, 0.25) is 0 Å². The molecule has 2 aromatic rings. The highest BCUT2D eigenvalue weighted by molar-refractivity contribution is 5.78. The number of amides is 1. The minimum atomic E-state index is -0.304. The smallest absolute Gasteiger partial charge is 0.223 e. The summed E-state index contributed by atoms with van der Waals surface area (Å²) in [5.74, 6) is -0.465. The number of phenolic OH excluding ortho intramolecular Hbond substituents is 1. The molecule has 3 nitrogen and oxygen atoms in total. The van der Waals surface area contributed by atoms with Crippen molar-refractivity contribution in [3.63, 3.8) is 0 Å². The molecule has 0 heterocycles. The fourth-order valence-corrected chi connectivity index (χ4v) is 2.30. The second-order valence-electron chi connectivity index (χ2n) is 5.37. The number of rotatable bonds is 6. The maximum absolute atomic E-state index is 13.6. The fraction of sp³-hybridized carbons (Fsp3) is 0.278. The molecule has 1 unspecified atom stereocenters. The van der Waals surface area contributed by atoms with Crippen molar-refractivity contribution >= 4 is 5.91 Å². The third-order valence-corrected chi connectivity index (χ3v) is 3.62. The third-order valence-electron chi connectivity index (χ3n) is 3.62. The Balaban J connectivity index is 1.82. The van der Waals surface area contributed by atoms with E-state index in [-0.39, 0.29) is 23.4 Å². The number of hydrogen-bond donors (Lipinski definition) is 2.